The second kappa shape index (κ2) is 11.8. The summed E-state index contributed by atoms with van der Waals surface area (Å²) < 4.78 is 0. The molecule has 0 saturated carbocycles. The highest BCUT2D eigenvalue weighted by atomic mass is 35.5. The van der Waals surface area contributed by atoms with Crippen molar-refractivity contribution in [1.29, 1.82) is 0 Å². The molecule has 0 radical (unpaired) electrons. The third-order valence-electron chi connectivity index (χ3n) is 2.80. The number of halogens is 2. The number of nitrogens with two attached hydrogens (primary N) is 1. The number of amides is 1. The van der Waals surface area contributed by atoms with Crippen LogP contribution in [-0.4, -0.2) is 42.0 Å². The second-order valence-corrected chi connectivity index (χ2v) is 4.15. The molecule has 0 aliphatic rings. The second-order valence-electron chi connectivity index (χ2n) is 4.15. The van der Waals surface area contributed by atoms with Crippen LogP contribution in [0, 0.1) is 0 Å². The number of anilines is 1. The number of nitrogen functional groups attached to an aromatic ring is 1. The first-order valence-corrected chi connectivity index (χ1v) is 6.39. The van der Waals surface area contributed by atoms with Crippen LogP contribution in [0.1, 0.15) is 30.6 Å². The number of carbonyl (C=O) groups excluding carboxylic acids is 1. The predicted molar refractivity (Wildman–Crippen MR) is 87.9 cm³/mol. The fraction of sp³-hybridized carbons (Fsp3) is 0.538. The van der Waals surface area contributed by atoms with Crippen molar-refractivity contribution >= 4 is 36.4 Å². The molecule has 0 spiro atoms. The molecule has 0 saturated heterocycles. The molecule has 0 aliphatic heterocycles. The van der Waals surface area contributed by atoms with E-state index in [0.29, 0.717) is 17.8 Å². The van der Waals surface area contributed by atoms with E-state index in [1.807, 2.05) is 0 Å². The minimum atomic E-state index is -0.159. The summed E-state index contributed by atoms with van der Waals surface area (Å²) in [6.45, 7) is 7.81. The number of likely N-dealkylation sites (N-methyl/N-ethyl adjacent to an activating group) is 1. The van der Waals surface area contributed by atoms with Crippen LogP contribution in [0.4, 0.5) is 5.69 Å². The van der Waals surface area contributed by atoms with Gasteiger partial charge in [0, 0.05) is 31.2 Å². The van der Waals surface area contributed by atoms with Crippen molar-refractivity contribution in [2.75, 3.05) is 31.9 Å². The maximum absolute atomic E-state index is 11.8. The van der Waals surface area contributed by atoms with Gasteiger partial charge in [0.15, 0.2) is 0 Å². The normalized spacial score (nSPS) is 9.55. The minimum Gasteiger partial charge on any atom is -0.398 e. The number of rotatable bonds is 7. The van der Waals surface area contributed by atoms with Gasteiger partial charge in [-0.1, -0.05) is 13.8 Å². The Balaban J connectivity index is 0. The van der Waals surface area contributed by atoms with Gasteiger partial charge in [0.05, 0.1) is 5.56 Å². The van der Waals surface area contributed by atoms with Gasteiger partial charge >= 0.3 is 0 Å². The van der Waals surface area contributed by atoms with Crippen molar-refractivity contribution in [3.8, 4) is 0 Å². The number of pyridine rings is 1. The van der Waals surface area contributed by atoms with Gasteiger partial charge in [0.1, 0.15) is 0 Å². The molecule has 7 heteroatoms. The lowest BCUT2D eigenvalue weighted by molar-refractivity contribution is 0.0949. The molecular weight excluding hydrogens is 299 g/mol. The molecule has 3 N–H and O–H groups in total. The Morgan fingerprint density at radius 1 is 1.35 bits per heavy atom. The summed E-state index contributed by atoms with van der Waals surface area (Å²) in [7, 11) is 0. The van der Waals surface area contributed by atoms with Crippen LogP contribution in [-0.2, 0) is 0 Å². The highest BCUT2D eigenvalue weighted by Gasteiger charge is 2.09. The summed E-state index contributed by atoms with van der Waals surface area (Å²) in [5.74, 6) is -0.159. The molecule has 0 unspecified atom stereocenters. The maximum atomic E-state index is 11.8. The number of aromatic nitrogens is 1. The Hall–Kier alpha value is -1.04. The molecule has 1 aromatic rings. The van der Waals surface area contributed by atoms with Crippen LogP contribution in [0.15, 0.2) is 18.5 Å². The van der Waals surface area contributed by atoms with Gasteiger partial charge in [0.25, 0.3) is 5.91 Å². The molecule has 0 aliphatic carbocycles. The van der Waals surface area contributed by atoms with Gasteiger partial charge in [-0.15, -0.1) is 24.8 Å². The Kier molecular flexibility index (Phi) is 12.5. The summed E-state index contributed by atoms with van der Waals surface area (Å²) in [4.78, 5) is 18.0. The SMILES string of the molecule is CCCN(CC)CCNC(=O)c1cnccc1N.Cl.Cl. The molecule has 20 heavy (non-hydrogen) atoms. The lowest BCUT2D eigenvalue weighted by atomic mass is 10.2. The Labute approximate surface area is 133 Å². The van der Waals surface area contributed by atoms with Crippen molar-refractivity contribution in [3.63, 3.8) is 0 Å². The zero-order valence-electron chi connectivity index (χ0n) is 12.0. The summed E-state index contributed by atoms with van der Waals surface area (Å²) >= 11 is 0. The van der Waals surface area contributed by atoms with Gasteiger partial charge in [-0.2, -0.15) is 0 Å². The van der Waals surface area contributed by atoms with E-state index in [-0.39, 0.29) is 30.7 Å². The zero-order valence-corrected chi connectivity index (χ0v) is 13.6. The van der Waals surface area contributed by atoms with E-state index in [0.717, 1.165) is 26.1 Å². The monoisotopic (exact) mass is 322 g/mol. The molecule has 1 rings (SSSR count). The number of hydrogen-bond acceptors (Lipinski definition) is 4. The molecule has 1 heterocycles. The van der Waals surface area contributed by atoms with Crippen LogP contribution < -0.4 is 11.1 Å². The lowest BCUT2D eigenvalue weighted by Crippen LogP contribution is -2.35. The molecule has 0 bridgehead atoms. The third kappa shape index (κ3) is 6.93. The van der Waals surface area contributed by atoms with E-state index in [2.05, 4.69) is 29.0 Å². The van der Waals surface area contributed by atoms with Crippen LogP contribution >= 0.6 is 24.8 Å². The summed E-state index contributed by atoms with van der Waals surface area (Å²) in [6, 6.07) is 1.63. The molecule has 1 aromatic heterocycles. The van der Waals surface area contributed by atoms with Gasteiger partial charge < -0.3 is 16.0 Å². The third-order valence-corrected chi connectivity index (χ3v) is 2.80. The van der Waals surface area contributed by atoms with Gasteiger partial charge in [-0.05, 0) is 25.6 Å². The van der Waals surface area contributed by atoms with Crippen LogP contribution in [0.2, 0.25) is 0 Å². The maximum Gasteiger partial charge on any atom is 0.254 e. The molecular formula is C13H24Cl2N4O. The summed E-state index contributed by atoms with van der Waals surface area (Å²) in [5.41, 5.74) is 6.62. The average molecular weight is 323 g/mol. The van der Waals surface area contributed by atoms with Crippen LogP contribution in [0.5, 0.6) is 0 Å². The largest absolute Gasteiger partial charge is 0.398 e. The van der Waals surface area contributed by atoms with Crippen molar-refractivity contribution < 1.29 is 4.79 Å². The summed E-state index contributed by atoms with van der Waals surface area (Å²) in [6.07, 6.45) is 4.19. The Bertz CT molecular complexity index is 390. The quantitative estimate of drug-likeness (QED) is 0.805. The van der Waals surface area contributed by atoms with E-state index in [1.165, 1.54) is 6.20 Å². The van der Waals surface area contributed by atoms with Crippen molar-refractivity contribution in [2.24, 2.45) is 0 Å². The first-order chi connectivity index (χ1) is 8.69. The fourth-order valence-electron chi connectivity index (χ4n) is 1.76. The number of nitrogens with one attached hydrogen (secondary N) is 1. The molecule has 0 fully saturated rings. The van der Waals surface area contributed by atoms with Gasteiger partial charge in [-0.25, -0.2) is 0 Å². The van der Waals surface area contributed by atoms with E-state index < -0.39 is 0 Å². The molecule has 1 amide bonds. The van der Waals surface area contributed by atoms with Crippen molar-refractivity contribution in [1.82, 2.24) is 15.2 Å². The highest BCUT2D eigenvalue weighted by molar-refractivity contribution is 5.98. The lowest BCUT2D eigenvalue weighted by Gasteiger charge is -2.19. The van der Waals surface area contributed by atoms with E-state index in [4.69, 9.17) is 5.73 Å². The standard InChI is InChI=1S/C13H22N4O.2ClH/c1-3-8-17(4-2)9-7-16-13(18)11-10-15-6-5-12(11)14;;/h5-6,10H,3-4,7-9H2,1-2H3,(H2,14,15)(H,16,18);2*1H. The molecule has 5 nitrogen and oxygen atoms in total. The minimum absolute atomic E-state index is 0. The van der Waals surface area contributed by atoms with Crippen molar-refractivity contribution in [2.45, 2.75) is 20.3 Å². The van der Waals surface area contributed by atoms with E-state index in [9.17, 15) is 4.79 Å². The van der Waals surface area contributed by atoms with Crippen LogP contribution in [0.25, 0.3) is 0 Å². The van der Waals surface area contributed by atoms with Gasteiger partial charge in [0.2, 0.25) is 0 Å². The number of nitrogens with zero attached hydrogens (tertiary/aromatic N) is 2. The predicted octanol–water partition coefficient (Wildman–Crippen LogP) is 1.97. The topological polar surface area (TPSA) is 71.2 Å². The first kappa shape index (κ1) is 21.3. The smallest absolute Gasteiger partial charge is 0.254 e. The van der Waals surface area contributed by atoms with Crippen LogP contribution in [0.3, 0.4) is 0 Å². The molecule has 116 valence electrons. The first-order valence-electron chi connectivity index (χ1n) is 6.39. The van der Waals surface area contributed by atoms with E-state index >= 15 is 0 Å². The Morgan fingerprint density at radius 3 is 2.60 bits per heavy atom. The highest BCUT2D eigenvalue weighted by Crippen LogP contribution is 2.07. The number of carbonyl (C=O) groups is 1. The molecule has 0 atom stereocenters. The van der Waals surface area contributed by atoms with Gasteiger partial charge in [-0.3, -0.25) is 9.78 Å². The Morgan fingerprint density at radius 2 is 2.05 bits per heavy atom. The average Bonchev–Trinajstić information content (AvgIpc) is 2.38. The summed E-state index contributed by atoms with van der Waals surface area (Å²) in [5, 5.41) is 2.86. The molecule has 0 aromatic carbocycles. The fourth-order valence-corrected chi connectivity index (χ4v) is 1.76. The van der Waals surface area contributed by atoms with E-state index in [1.54, 1.807) is 12.3 Å². The zero-order chi connectivity index (χ0) is 13.4. The van der Waals surface area contributed by atoms with Crippen molar-refractivity contribution in [3.05, 3.63) is 24.0 Å². The number of hydrogen-bond donors (Lipinski definition) is 2.